The number of halogens is 1. The summed E-state index contributed by atoms with van der Waals surface area (Å²) in [5.74, 6) is -0.730. The van der Waals surface area contributed by atoms with Gasteiger partial charge in [-0.2, -0.15) is 5.06 Å². The largest absolute Gasteiger partial charge is 0.468 e. The van der Waals surface area contributed by atoms with E-state index in [1.54, 1.807) is 36.3 Å². The number of hydrogen-bond acceptors (Lipinski definition) is 7. The number of carbonyl (C=O) groups is 2. The van der Waals surface area contributed by atoms with E-state index < -0.39 is 12.1 Å². The van der Waals surface area contributed by atoms with Gasteiger partial charge in [-0.3, -0.25) is 4.79 Å². The Balaban J connectivity index is 2.88. The van der Waals surface area contributed by atoms with E-state index in [2.05, 4.69) is 5.32 Å². The second-order valence-corrected chi connectivity index (χ2v) is 6.95. The highest BCUT2D eigenvalue weighted by atomic mass is 19.1. The van der Waals surface area contributed by atoms with Crippen molar-refractivity contribution in [3.8, 4) is 0 Å². The molecular formula is C21H34FN3O5. The summed E-state index contributed by atoms with van der Waals surface area (Å²) in [7, 11) is 4.69. The minimum absolute atomic E-state index is 0.0210. The van der Waals surface area contributed by atoms with E-state index in [0.717, 1.165) is 18.4 Å². The summed E-state index contributed by atoms with van der Waals surface area (Å²) >= 11 is 0. The van der Waals surface area contributed by atoms with Gasteiger partial charge in [-0.15, -0.1) is 0 Å². The van der Waals surface area contributed by atoms with Crippen LogP contribution in [0.3, 0.4) is 0 Å². The molecule has 1 amide bonds. The summed E-state index contributed by atoms with van der Waals surface area (Å²) in [5.41, 5.74) is 0.782. The van der Waals surface area contributed by atoms with Gasteiger partial charge in [0.1, 0.15) is 5.82 Å². The minimum atomic E-state index is -0.447. The monoisotopic (exact) mass is 427 g/mol. The number of unbranched alkanes of at least 4 members (excludes halogenated alkanes) is 1. The summed E-state index contributed by atoms with van der Waals surface area (Å²) in [5, 5.41) is 4.79. The molecule has 0 saturated carbocycles. The summed E-state index contributed by atoms with van der Waals surface area (Å²) in [6.45, 7) is 3.53. The van der Waals surface area contributed by atoms with Crippen molar-refractivity contribution in [3.63, 3.8) is 0 Å². The predicted octanol–water partition coefficient (Wildman–Crippen LogP) is 2.58. The minimum Gasteiger partial charge on any atom is -0.468 e. The van der Waals surface area contributed by atoms with E-state index in [1.165, 1.54) is 19.2 Å². The fraction of sp³-hybridized carbons (Fsp3) is 0.619. The highest BCUT2D eigenvalue weighted by Gasteiger charge is 2.22. The molecule has 0 fully saturated rings. The van der Waals surface area contributed by atoms with Crippen molar-refractivity contribution < 1.29 is 28.3 Å². The first-order chi connectivity index (χ1) is 14.4. The molecule has 9 heteroatoms. The number of ether oxygens (including phenoxy) is 2. The first-order valence-corrected chi connectivity index (χ1v) is 10.1. The number of carbonyl (C=O) groups excluding carboxylic acids is 2. The Labute approximate surface area is 178 Å². The molecule has 0 radical (unpaired) electrons. The smallest absolute Gasteiger partial charge is 0.410 e. The third-order valence-electron chi connectivity index (χ3n) is 4.58. The van der Waals surface area contributed by atoms with Crippen LogP contribution in [-0.2, 0) is 25.7 Å². The number of rotatable bonds is 14. The summed E-state index contributed by atoms with van der Waals surface area (Å²) < 4.78 is 23.3. The molecule has 1 aromatic rings. The van der Waals surface area contributed by atoms with Gasteiger partial charge < -0.3 is 24.5 Å². The number of amides is 1. The zero-order valence-electron chi connectivity index (χ0n) is 18.4. The molecule has 0 aliphatic carbocycles. The SMILES string of the molecule is CCCCOC(=O)N(Cc1ccc(F)cc1)CC(CCN(C)OC)NCC(=O)OC. The molecule has 0 heterocycles. The predicted molar refractivity (Wildman–Crippen MR) is 111 cm³/mol. The van der Waals surface area contributed by atoms with E-state index in [1.807, 2.05) is 6.92 Å². The number of hydroxylamine groups is 2. The van der Waals surface area contributed by atoms with Crippen molar-refractivity contribution in [2.24, 2.45) is 0 Å². The third kappa shape index (κ3) is 10.5. The molecule has 30 heavy (non-hydrogen) atoms. The Bertz CT molecular complexity index is 630. The second kappa shape index (κ2) is 14.7. The van der Waals surface area contributed by atoms with Crippen LogP contribution in [0.1, 0.15) is 31.7 Å². The third-order valence-corrected chi connectivity index (χ3v) is 4.58. The van der Waals surface area contributed by atoms with Gasteiger partial charge in [0.2, 0.25) is 0 Å². The maximum Gasteiger partial charge on any atom is 0.410 e. The fourth-order valence-electron chi connectivity index (χ4n) is 2.66. The number of hydrogen-bond donors (Lipinski definition) is 1. The van der Waals surface area contributed by atoms with Crippen molar-refractivity contribution in [2.75, 3.05) is 47.5 Å². The Kier molecular flexibility index (Phi) is 12.6. The van der Waals surface area contributed by atoms with E-state index in [9.17, 15) is 14.0 Å². The van der Waals surface area contributed by atoms with Gasteiger partial charge in [-0.05, 0) is 30.5 Å². The summed E-state index contributed by atoms with van der Waals surface area (Å²) in [6.07, 6.45) is 1.86. The average molecular weight is 428 g/mol. The van der Waals surface area contributed by atoms with Gasteiger partial charge in [-0.1, -0.05) is 25.5 Å². The van der Waals surface area contributed by atoms with E-state index in [-0.39, 0.29) is 24.9 Å². The van der Waals surface area contributed by atoms with Crippen molar-refractivity contribution >= 4 is 12.1 Å². The highest BCUT2D eigenvalue weighted by Crippen LogP contribution is 2.11. The summed E-state index contributed by atoms with van der Waals surface area (Å²) in [6, 6.07) is 5.78. The lowest BCUT2D eigenvalue weighted by Gasteiger charge is -2.28. The molecule has 0 aromatic heterocycles. The van der Waals surface area contributed by atoms with E-state index in [4.69, 9.17) is 14.3 Å². The Hall–Kier alpha value is -2.23. The molecule has 1 aromatic carbocycles. The average Bonchev–Trinajstić information content (AvgIpc) is 2.75. The molecule has 8 nitrogen and oxygen atoms in total. The quantitative estimate of drug-likeness (QED) is 0.278. The van der Waals surface area contributed by atoms with Crippen molar-refractivity contribution in [1.82, 2.24) is 15.3 Å². The van der Waals surface area contributed by atoms with Crippen LogP contribution in [0.4, 0.5) is 9.18 Å². The van der Waals surface area contributed by atoms with E-state index >= 15 is 0 Å². The van der Waals surface area contributed by atoms with Crippen LogP contribution in [0.15, 0.2) is 24.3 Å². The Morgan fingerprint density at radius 2 is 1.90 bits per heavy atom. The molecule has 0 aliphatic heterocycles. The molecule has 0 spiro atoms. The maximum absolute atomic E-state index is 13.2. The van der Waals surface area contributed by atoms with Crippen molar-refractivity contribution in [2.45, 2.75) is 38.8 Å². The van der Waals surface area contributed by atoms with Gasteiger partial charge in [0, 0.05) is 32.7 Å². The first kappa shape index (κ1) is 25.8. The van der Waals surface area contributed by atoms with Gasteiger partial charge in [-0.25, -0.2) is 9.18 Å². The standard InChI is InChI=1S/C21H34FN3O5/c1-5-6-13-30-21(27)25(15-17-7-9-18(22)10-8-17)16-19(11-12-24(2)29-4)23-14-20(26)28-3/h7-10,19,23H,5-6,11-16H2,1-4H3. The Morgan fingerprint density at radius 1 is 1.20 bits per heavy atom. The van der Waals surface area contributed by atoms with Crippen molar-refractivity contribution in [1.29, 1.82) is 0 Å². The number of esters is 1. The van der Waals surface area contributed by atoms with Crippen LogP contribution in [0.2, 0.25) is 0 Å². The maximum atomic E-state index is 13.2. The number of nitrogens with zero attached hydrogens (tertiary/aromatic N) is 2. The molecule has 0 saturated heterocycles. The molecule has 1 N–H and O–H groups in total. The zero-order chi connectivity index (χ0) is 22.4. The highest BCUT2D eigenvalue weighted by molar-refractivity contribution is 5.71. The Morgan fingerprint density at radius 3 is 2.50 bits per heavy atom. The molecule has 1 unspecified atom stereocenters. The molecule has 0 aliphatic rings. The van der Waals surface area contributed by atoms with Crippen molar-refractivity contribution in [3.05, 3.63) is 35.6 Å². The van der Waals surface area contributed by atoms with Crippen LogP contribution in [0, 0.1) is 5.82 Å². The first-order valence-electron chi connectivity index (χ1n) is 10.1. The van der Waals surface area contributed by atoms with Gasteiger partial charge >= 0.3 is 12.1 Å². The lowest BCUT2D eigenvalue weighted by molar-refractivity contribution is -0.139. The molecule has 1 rings (SSSR count). The molecule has 170 valence electrons. The fourth-order valence-corrected chi connectivity index (χ4v) is 2.66. The van der Waals surface area contributed by atoms with Gasteiger partial charge in [0.15, 0.2) is 0 Å². The van der Waals surface area contributed by atoms with Crippen LogP contribution < -0.4 is 5.32 Å². The number of nitrogens with one attached hydrogen (secondary N) is 1. The molecule has 1 atom stereocenters. The molecule has 0 bridgehead atoms. The van der Waals surface area contributed by atoms with Crippen LogP contribution in [0.25, 0.3) is 0 Å². The zero-order valence-corrected chi connectivity index (χ0v) is 18.4. The van der Waals surface area contributed by atoms with Gasteiger partial charge in [0.05, 0.1) is 27.4 Å². The van der Waals surface area contributed by atoms with Gasteiger partial charge in [0.25, 0.3) is 0 Å². The van der Waals surface area contributed by atoms with E-state index in [0.29, 0.717) is 26.1 Å². The van der Waals surface area contributed by atoms with Crippen LogP contribution in [0.5, 0.6) is 0 Å². The lowest BCUT2D eigenvalue weighted by atomic mass is 10.1. The molecular weight excluding hydrogens is 393 g/mol. The summed E-state index contributed by atoms with van der Waals surface area (Å²) in [4.78, 5) is 31.0. The van der Waals surface area contributed by atoms with Crippen LogP contribution >= 0.6 is 0 Å². The topological polar surface area (TPSA) is 80.3 Å². The normalized spacial score (nSPS) is 11.9. The lowest BCUT2D eigenvalue weighted by Crippen LogP contribution is -2.46. The van der Waals surface area contributed by atoms with Crippen LogP contribution in [-0.4, -0.2) is 75.6 Å². The number of benzene rings is 1. The number of methoxy groups -OCH3 is 1. The second-order valence-electron chi connectivity index (χ2n) is 6.95.